The molecule has 1 aliphatic heterocycles. The summed E-state index contributed by atoms with van der Waals surface area (Å²) in [5.74, 6) is -0.0379. The number of hydrogen-bond acceptors (Lipinski definition) is 5. The van der Waals surface area contributed by atoms with Gasteiger partial charge in [-0.1, -0.05) is 12.1 Å². The lowest BCUT2D eigenvalue weighted by Gasteiger charge is -2.32. The third-order valence-corrected chi connectivity index (χ3v) is 4.35. The predicted octanol–water partition coefficient (Wildman–Crippen LogP) is 2.64. The van der Waals surface area contributed by atoms with E-state index in [2.05, 4.69) is 16.0 Å². The minimum atomic E-state index is -0.692. The summed E-state index contributed by atoms with van der Waals surface area (Å²) in [6.07, 6.45) is -0.268. The number of piperazine rings is 1. The predicted molar refractivity (Wildman–Crippen MR) is 107 cm³/mol. The quantitative estimate of drug-likeness (QED) is 0.745. The zero-order valence-corrected chi connectivity index (χ0v) is 17.1. The van der Waals surface area contributed by atoms with Crippen LogP contribution in [0.2, 0.25) is 0 Å². The Hall–Kier alpha value is -2.72. The Morgan fingerprint density at radius 3 is 2.29 bits per heavy atom. The number of rotatable bonds is 4. The minimum absolute atomic E-state index is 0.0379. The molecule has 0 bridgehead atoms. The summed E-state index contributed by atoms with van der Waals surface area (Å²) in [5, 5.41) is 8.93. The lowest BCUT2D eigenvalue weighted by Crippen LogP contribution is -2.47. The monoisotopic (exact) mass is 384 g/mol. The fourth-order valence-electron chi connectivity index (χ4n) is 2.83. The van der Waals surface area contributed by atoms with Crippen molar-refractivity contribution in [3.05, 3.63) is 35.4 Å². The van der Waals surface area contributed by atoms with Gasteiger partial charge in [0.2, 0.25) is 5.91 Å². The highest BCUT2D eigenvalue weighted by Gasteiger charge is 2.22. The molecule has 1 fully saturated rings. The van der Waals surface area contributed by atoms with Gasteiger partial charge < -0.3 is 14.5 Å². The Morgan fingerprint density at radius 1 is 1.14 bits per heavy atom. The number of likely N-dealkylation sites (N-methyl/N-ethyl adjacent to an activating group) is 1. The molecule has 0 N–H and O–H groups in total. The van der Waals surface area contributed by atoms with Crippen LogP contribution in [0.4, 0.5) is 4.79 Å². The molecular formula is C21H28N4O3. The molecule has 2 amide bonds. The maximum Gasteiger partial charge on any atom is 0.434 e. The number of carbonyl (C=O) groups excluding carboxylic acids is 2. The smallest absolute Gasteiger partial charge is 0.434 e. The van der Waals surface area contributed by atoms with Crippen LogP contribution in [0.15, 0.2) is 29.3 Å². The number of benzene rings is 1. The second-order valence-corrected chi connectivity index (χ2v) is 8.00. The number of hydrogen-bond donors (Lipinski definition) is 0. The molecule has 0 atom stereocenters. The lowest BCUT2D eigenvalue weighted by atomic mass is 10.0. The van der Waals surface area contributed by atoms with Gasteiger partial charge in [0.25, 0.3) is 0 Å². The van der Waals surface area contributed by atoms with E-state index in [1.54, 1.807) is 32.9 Å². The van der Waals surface area contributed by atoms with E-state index < -0.39 is 11.7 Å². The van der Waals surface area contributed by atoms with Gasteiger partial charge in [0.05, 0.1) is 18.1 Å². The van der Waals surface area contributed by atoms with Crippen molar-refractivity contribution in [3.8, 4) is 6.07 Å². The molecule has 0 aliphatic carbocycles. The molecule has 0 saturated carbocycles. The average Bonchev–Trinajstić information content (AvgIpc) is 2.61. The summed E-state index contributed by atoms with van der Waals surface area (Å²) in [6, 6.07) is 9.12. The molecule has 1 aromatic rings. The molecule has 28 heavy (non-hydrogen) atoms. The van der Waals surface area contributed by atoms with Gasteiger partial charge in [0, 0.05) is 38.3 Å². The van der Waals surface area contributed by atoms with E-state index in [1.165, 1.54) is 0 Å². The van der Waals surface area contributed by atoms with Crippen LogP contribution in [0.1, 0.15) is 38.3 Å². The number of nitriles is 1. The lowest BCUT2D eigenvalue weighted by molar-refractivity contribution is -0.131. The molecule has 150 valence electrons. The van der Waals surface area contributed by atoms with E-state index in [0.717, 1.165) is 18.7 Å². The van der Waals surface area contributed by atoms with E-state index in [4.69, 9.17) is 10.00 Å². The van der Waals surface area contributed by atoms with E-state index in [-0.39, 0.29) is 12.3 Å². The summed E-state index contributed by atoms with van der Waals surface area (Å²) in [6.45, 7) is 8.33. The molecule has 7 nitrogen and oxygen atoms in total. The van der Waals surface area contributed by atoms with Crippen LogP contribution < -0.4 is 0 Å². The van der Waals surface area contributed by atoms with E-state index in [1.807, 2.05) is 24.1 Å². The Bertz CT molecular complexity index is 764. The molecule has 1 saturated heterocycles. The van der Waals surface area contributed by atoms with Gasteiger partial charge in [-0.15, -0.1) is 0 Å². The minimum Gasteiger partial charge on any atom is -0.442 e. The molecule has 7 heteroatoms. The molecule has 1 aliphatic rings. The topological polar surface area (TPSA) is 86.0 Å². The Morgan fingerprint density at radius 2 is 1.75 bits per heavy atom. The number of aliphatic imine (C=N–C) groups is 1. The van der Waals surface area contributed by atoms with Crippen molar-refractivity contribution in [1.29, 1.82) is 5.26 Å². The fourth-order valence-corrected chi connectivity index (χ4v) is 2.83. The molecule has 1 aromatic carbocycles. The molecule has 2 rings (SSSR count). The van der Waals surface area contributed by atoms with Crippen LogP contribution in [0.25, 0.3) is 0 Å². The first-order chi connectivity index (χ1) is 13.2. The highest BCUT2D eigenvalue weighted by molar-refractivity contribution is 6.05. The van der Waals surface area contributed by atoms with Gasteiger partial charge in [-0.25, -0.2) is 4.79 Å². The SMILES string of the molecule is CN1CCN(C(=O)CC(Cc2ccc(C#N)cc2)=NC(=O)OC(C)(C)C)CC1. The maximum absolute atomic E-state index is 12.7. The van der Waals surface area contributed by atoms with Crippen molar-refractivity contribution in [2.45, 2.75) is 39.2 Å². The van der Waals surface area contributed by atoms with Gasteiger partial charge in [0.1, 0.15) is 5.60 Å². The van der Waals surface area contributed by atoms with E-state index in [9.17, 15) is 9.59 Å². The second kappa shape index (κ2) is 9.47. The van der Waals surface area contributed by atoms with Gasteiger partial charge in [-0.3, -0.25) is 4.79 Å². The fraction of sp³-hybridized carbons (Fsp3) is 0.524. The molecular weight excluding hydrogens is 356 g/mol. The van der Waals surface area contributed by atoms with Gasteiger partial charge in [-0.05, 0) is 45.5 Å². The molecule has 1 heterocycles. The van der Waals surface area contributed by atoms with Crippen molar-refractivity contribution < 1.29 is 14.3 Å². The number of carbonyl (C=O) groups is 2. The molecule has 0 spiro atoms. The zero-order valence-electron chi connectivity index (χ0n) is 17.1. The van der Waals surface area contributed by atoms with E-state index in [0.29, 0.717) is 30.8 Å². The number of nitrogens with zero attached hydrogens (tertiary/aromatic N) is 4. The molecule has 0 aromatic heterocycles. The van der Waals surface area contributed by atoms with Gasteiger partial charge >= 0.3 is 6.09 Å². The zero-order chi connectivity index (χ0) is 20.7. The standard InChI is InChI=1S/C21H28N4O3/c1-21(2,3)28-20(27)23-18(13-16-5-7-17(15-22)8-6-16)14-19(26)25-11-9-24(4)10-12-25/h5-8H,9-14H2,1-4H3. The maximum atomic E-state index is 12.7. The van der Waals surface area contributed by atoms with Crippen molar-refractivity contribution >= 4 is 17.7 Å². The van der Waals surface area contributed by atoms with Gasteiger partial charge in [0.15, 0.2) is 0 Å². The van der Waals surface area contributed by atoms with Crippen molar-refractivity contribution in [2.75, 3.05) is 33.2 Å². The normalized spacial score (nSPS) is 15.8. The third kappa shape index (κ3) is 7.12. The van der Waals surface area contributed by atoms with Crippen LogP contribution in [-0.4, -0.2) is 66.3 Å². The third-order valence-electron chi connectivity index (χ3n) is 4.35. The van der Waals surface area contributed by atoms with Gasteiger partial charge in [-0.2, -0.15) is 10.3 Å². The van der Waals surface area contributed by atoms with Crippen molar-refractivity contribution in [1.82, 2.24) is 9.80 Å². The van der Waals surface area contributed by atoms with Crippen LogP contribution in [0, 0.1) is 11.3 Å². The second-order valence-electron chi connectivity index (χ2n) is 8.00. The molecule has 0 unspecified atom stereocenters. The summed E-state index contributed by atoms with van der Waals surface area (Å²) in [4.78, 5) is 32.9. The summed E-state index contributed by atoms with van der Waals surface area (Å²) in [7, 11) is 2.03. The van der Waals surface area contributed by atoms with Crippen LogP contribution in [-0.2, 0) is 16.0 Å². The largest absolute Gasteiger partial charge is 0.442 e. The first-order valence-corrected chi connectivity index (χ1v) is 9.41. The average molecular weight is 384 g/mol. The Balaban J connectivity index is 2.13. The first kappa shape index (κ1) is 21.6. The highest BCUT2D eigenvalue weighted by Crippen LogP contribution is 2.12. The van der Waals surface area contributed by atoms with Crippen LogP contribution in [0.3, 0.4) is 0 Å². The summed E-state index contributed by atoms with van der Waals surface area (Å²) < 4.78 is 5.28. The Kier molecular flexibility index (Phi) is 7.30. The highest BCUT2D eigenvalue weighted by atomic mass is 16.6. The summed E-state index contributed by atoms with van der Waals surface area (Å²) >= 11 is 0. The molecule has 0 radical (unpaired) electrons. The number of ether oxygens (including phenoxy) is 1. The van der Waals surface area contributed by atoms with Crippen molar-refractivity contribution in [3.63, 3.8) is 0 Å². The van der Waals surface area contributed by atoms with Crippen molar-refractivity contribution in [2.24, 2.45) is 4.99 Å². The summed E-state index contributed by atoms with van der Waals surface area (Å²) in [5.41, 5.74) is 1.25. The van der Waals surface area contributed by atoms with Crippen LogP contribution in [0.5, 0.6) is 0 Å². The first-order valence-electron chi connectivity index (χ1n) is 9.41. The van der Waals surface area contributed by atoms with E-state index >= 15 is 0 Å². The Labute approximate surface area is 166 Å². The van der Waals surface area contributed by atoms with Crippen LogP contribution >= 0.6 is 0 Å². The number of amides is 2.